The molecular weight excluding hydrogens is 360 g/mol. The molecule has 1 aliphatic rings. The smallest absolute Gasteiger partial charge is 0.227 e. The highest BCUT2D eigenvalue weighted by atomic mass is 16.2. The summed E-state index contributed by atoms with van der Waals surface area (Å²) in [6, 6.07) is 18.5. The SMILES string of the molecule is Cc1cccc(-c2cc(N3CCN(C(=O)Cc4ccccc4C)CC3)ncn2)c1. The van der Waals surface area contributed by atoms with Crippen molar-refractivity contribution >= 4 is 11.7 Å². The molecule has 5 heteroatoms. The van der Waals surface area contributed by atoms with E-state index in [1.165, 1.54) is 11.1 Å². The van der Waals surface area contributed by atoms with Gasteiger partial charge in [-0.3, -0.25) is 4.79 Å². The number of rotatable bonds is 4. The maximum atomic E-state index is 12.7. The molecule has 3 aromatic rings. The van der Waals surface area contributed by atoms with Crippen molar-refractivity contribution in [3.63, 3.8) is 0 Å². The number of nitrogens with zero attached hydrogens (tertiary/aromatic N) is 4. The van der Waals surface area contributed by atoms with Crippen LogP contribution in [0.25, 0.3) is 11.3 Å². The van der Waals surface area contributed by atoms with Crippen molar-refractivity contribution < 1.29 is 4.79 Å². The molecule has 148 valence electrons. The molecule has 0 radical (unpaired) electrons. The molecule has 2 heterocycles. The van der Waals surface area contributed by atoms with Gasteiger partial charge in [0.2, 0.25) is 5.91 Å². The van der Waals surface area contributed by atoms with Crippen LogP contribution in [0.4, 0.5) is 5.82 Å². The van der Waals surface area contributed by atoms with Crippen LogP contribution in [0.1, 0.15) is 16.7 Å². The van der Waals surface area contributed by atoms with E-state index < -0.39 is 0 Å². The Kier molecular flexibility index (Phi) is 5.56. The first-order valence-corrected chi connectivity index (χ1v) is 10.1. The van der Waals surface area contributed by atoms with E-state index in [2.05, 4.69) is 53.0 Å². The van der Waals surface area contributed by atoms with Crippen LogP contribution in [0.3, 0.4) is 0 Å². The lowest BCUT2D eigenvalue weighted by molar-refractivity contribution is -0.130. The third kappa shape index (κ3) is 4.45. The largest absolute Gasteiger partial charge is 0.353 e. The number of carbonyl (C=O) groups excluding carboxylic acids is 1. The topological polar surface area (TPSA) is 49.3 Å². The van der Waals surface area contributed by atoms with Gasteiger partial charge in [0.15, 0.2) is 0 Å². The van der Waals surface area contributed by atoms with Gasteiger partial charge in [-0.1, -0.05) is 48.0 Å². The number of aryl methyl sites for hydroxylation is 2. The Bertz CT molecular complexity index is 1010. The Balaban J connectivity index is 1.40. The average Bonchev–Trinajstić information content (AvgIpc) is 2.75. The summed E-state index contributed by atoms with van der Waals surface area (Å²) in [7, 11) is 0. The molecule has 5 nitrogen and oxygen atoms in total. The van der Waals surface area contributed by atoms with Gasteiger partial charge in [0.25, 0.3) is 0 Å². The van der Waals surface area contributed by atoms with E-state index in [1.807, 2.05) is 35.2 Å². The van der Waals surface area contributed by atoms with E-state index in [4.69, 9.17) is 0 Å². The van der Waals surface area contributed by atoms with Crippen LogP contribution in [0, 0.1) is 13.8 Å². The second kappa shape index (κ2) is 8.43. The third-order valence-corrected chi connectivity index (χ3v) is 5.53. The Morgan fingerprint density at radius 1 is 0.931 bits per heavy atom. The maximum Gasteiger partial charge on any atom is 0.227 e. The Labute approximate surface area is 172 Å². The minimum Gasteiger partial charge on any atom is -0.353 e. The maximum absolute atomic E-state index is 12.7. The summed E-state index contributed by atoms with van der Waals surface area (Å²) in [4.78, 5) is 25.8. The van der Waals surface area contributed by atoms with Gasteiger partial charge in [0.1, 0.15) is 12.1 Å². The van der Waals surface area contributed by atoms with Crippen LogP contribution in [-0.2, 0) is 11.2 Å². The first-order chi connectivity index (χ1) is 14.1. The fraction of sp³-hybridized carbons (Fsp3) is 0.292. The number of benzene rings is 2. The van der Waals surface area contributed by atoms with Gasteiger partial charge in [-0.2, -0.15) is 0 Å². The van der Waals surface area contributed by atoms with E-state index in [0.29, 0.717) is 19.5 Å². The van der Waals surface area contributed by atoms with Crippen molar-refractivity contribution in [2.75, 3.05) is 31.1 Å². The highest BCUT2D eigenvalue weighted by molar-refractivity contribution is 5.79. The van der Waals surface area contributed by atoms with Crippen molar-refractivity contribution in [2.45, 2.75) is 20.3 Å². The molecule has 0 unspecified atom stereocenters. The molecule has 0 aliphatic carbocycles. The van der Waals surface area contributed by atoms with E-state index in [-0.39, 0.29) is 5.91 Å². The summed E-state index contributed by atoms with van der Waals surface area (Å²) in [5.41, 5.74) is 5.52. The van der Waals surface area contributed by atoms with Crippen molar-refractivity contribution in [3.8, 4) is 11.3 Å². The standard InChI is InChI=1S/C24H26N4O/c1-18-6-5-9-21(14-18)22-16-23(26-17-25-22)27-10-12-28(13-11-27)24(29)15-20-8-4-3-7-19(20)2/h3-9,14,16-17H,10-13,15H2,1-2H3. The van der Waals surface area contributed by atoms with Crippen molar-refractivity contribution in [2.24, 2.45) is 0 Å². The predicted molar refractivity (Wildman–Crippen MR) is 116 cm³/mol. The summed E-state index contributed by atoms with van der Waals surface area (Å²) in [6.45, 7) is 7.14. The summed E-state index contributed by atoms with van der Waals surface area (Å²) in [5, 5.41) is 0. The molecular formula is C24H26N4O. The van der Waals surface area contributed by atoms with Gasteiger partial charge >= 0.3 is 0 Å². The second-order valence-corrected chi connectivity index (χ2v) is 7.60. The highest BCUT2D eigenvalue weighted by Gasteiger charge is 2.22. The number of amides is 1. The number of carbonyl (C=O) groups is 1. The molecule has 29 heavy (non-hydrogen) atoms. The number of piperazine rings is 1. The molecule has 0 saturated carbocycles. The van der Waals surface area contributed by atoms with Crippen molar-refractivity contribution in [1.29, 1.82) is 0 Å². The fourth-order valence-electron chi connectivity index (χ4n) is 3.75. The van der Waals surface area contributed by atoms with Crippen LogP contribution in [0.5, 0.6) is 0 Å². The monoisotopic (exact) mass is 386 g/mol. The van der Waals surface area contributed by atoms with E-state index >= 15 is 0 Å². The molecule has 0 spiro atoms. The molecule has 1 fully saturated rings. The lowest BCUT2D eigenvalue weighted by atomic mass is 10.1. The van der Waals surface area contributed by atoms with Crippen molar-refractivity contribution in [1.82, 2.24) is 14.9 Å². The lowest BCUT2D eigenvalue weighted by Gasteiger charge is -2.35. The van der Waals surface area contributed by atoms with E-state index in [1.54, 1.807) is 6.33 Å². The first-order valence-electron chi connectivity index (χ1n) is 10.1. The van der Waals surface area contributed by atoms with E-state index in [0.717, 1.165) is 35.7 Å². The zero-order valence-corrected chi connectivity index (χ0v) is 17.0. The molecule has 0 bridgehead atoms. The lowest BCUT2D eigenvalue weighted by Crippen LogP contribution is -2.49. The van der Waals surface area contributed by atoms with Gasteiger partial charge in [-0.25, -0.2) is 9.97 Å². The van der Waals surface area contributed by atoms with E-state index in [9.17, 15) is 4.79 Å². The summed E-state index contributed by atoms with van der Waals surface area (Å²) in [6.07, 6.45) is 2.10. The third-order valence-electron chi connectivity index (χ3n) is 5.53. The molecule has 1 saturated heterocycles. The number of hydrogen-bond donors (Lipinski definition) is 0. The zero-order chi connectivity index (χ0) is 20.2. The summed E-state index contributed by atoms with van der Waals surface area (Å²) in [5.74, 6) is 1.12. The fourth-order valence-corrected chi connectivity index (χ4v) is 3.75. The highest BCUT2D eigenvalue weighted by Crippen LogP contribution is 2.22. The normalized spacial score (nSPS) is 14.1. The van der Waals surface area contributed by atoms with Gasteiger partial charge in [0.05, 0.1) is 12.1 Å². The predicted octanol–water partition coefficient (Wildman–Crippen LogP) is 3.65. The second-order valence-electron chi connectivity index (χ2n) is 7.60. The van der Waals surface area contributed by atoms with Gasteiger partial charge in [-0.05, 0) is 31.0 Å². The number of hydrogen-bond acceptors (Lipinski definition) is 4. The number of anilines is 1. The van der Waals surface area contributed by atoms with Crippen LogP contribution in [0.15, 0.2) is 60.9 Å². The van der Waals surface area contributed by atoms with Gasteiger partial charge in [-0.15, -0.1) is 0 Å². The minimum absolute atomic E-state index is 0.196. The molecule has 1 aliphatic heterocycles. The Hall–Kier alpha value is -3.21. The Morgan fingerprint density at radius 2 is 1.72 bits per heavy atom. The molecule has 2 aromatic carbocycles. The van der Waals surface area contributed by atoms with Crippen LogP contribution >= 0.6 is 0 Å². The Morgan fingerprint density at radius 3 is 2.48 bits per heavy atom. The molecule has 0 N–H and O–H groups in total. The molecule has 1 aromatic heterocycles. The molecule has 1 amide bonds. The quantitative estimate of drug-likeness (QED) is 0.687. The first kappa shape index (κ1) is 19.1. The minimum atomic E-state index is 0.196. The van der Waals surface area contributed by atoms with Gasteiger partial charge < -0.3 is 9.80 Å². The number of aromatic nitrogens is 2. The molecule has 4 rings (SSSR count). The van der Waals surface area contributed by atoms with Gasteiger partial charge in [0, 0.05) is 37.8 Å². The van der Waals surface area contributed by atoms with Crippen LogP contribution in [0.2, 0.25) is 0 Å². The van der Waals surface area contributed by atoms with Crippen LogP contribution < -0.4 is 4.90 Å². The van der Waals surface area contributed by atoms with Crippen molar-refractivity contribution in [3.05, 3.63) is 77.6 Å². The average molecular weight is 386 g/mol. The summed E-state index contributed by atoms with van der Waals surface area (Å²) < 4.78 is 0. The molecule has 0 atom stereocenters. The zero-order valence-electron chi connectivity index (χ0n) is 17.0. The summed E-state index contributed by atoms with van der Waals surface area (Å²) >= 11 is 0. The van der Waals surface area contributed by atoms with Crippen LogP contribution in [-0.4, -0.2) is 47.0 Å².